The van der Waals surface area contributed by atoms with Crippen LogP contribution in [-0.4, -0.2) is 33.4 Å². The first kappa shape index (κ1) is 16.3. The van der Waals surface area contributed by atoms with Crippen LogP contribution in [0.4, 0.5) is 0 Å². The summed E-state index contributed by atoms with van der Waals surface area (Å²) in [5.41, 5.74) is 2.68. The number of hydrogen-bond donors (Lipinski definition) is 0. The van der Waals surface area contributed by atoms with Crippen LogP contribution in [0.25, 0.3) is 5.69 Å². The third kappa shape index (κ3) is 3.49. The first-order valence-corrected chi connectivity index (χ1v) is 8.43. The molecule has 122 valence electrons. The van der Waals surface area contributed by atoms with E-state index in [-0.39, 0.29) is 5.78 Å². The molecular weight excluding hydrogens is 322 g/mol. The van der Waals surface area contributed by atoms with E-state index in [1.54, 1.807) is 13.4 Å². The van der Waals surface area contributed by atoms with Crippen molar-refractivity contribution in [3.05, 3.63) is 66.0 Å². The minimum atomic E-state index is 0.0644. The van der Waals surface area contributed by atoms with Gasteiger partial charge in [0.15, 0.2) is 10.9 Å². The maximum absolute atomic E-state index is 12.3. The summed E-state index contributed by atoms with van der Waals surface area (Å²) in [5.74, 6) is 1.09. The number of hydrogen-bond acceptors (Lipinski definition) is 5. The number of benzene rings is 2. The molecule has 24 heavy (non-hydrogen) atoms. The standard InChI is InChI=1S/C18H17N3O2S/c1-13-7-9-14(10-8-13)16(22)11-24-18-20-19-12-21(18)15-5-3-4-6-17(15)23-2/h3-10,12H,11H2,1-2H3. The maximum Gasteiger partial charge on any atom is 0.196 e. The number of aromatic nitrogens is 3. The third-order valence-electron chi connectivity index (χ3n) is 3.57. The quantitative estimate of drug-likeness (QED) is 0.508. The van der Waals surface area contributed by atoms with Crippen molar-refractivity contribution >= 4 is 17.5 Å². The summed E-state index contributed by atoms with van der Waals surface area (Å²) in [7, 11) is 1.62. The molecule has 1 heterocycles. The van der Waals surface area contributed by atoms with E-state index in [0.717, 1.165) is 17.0 Å². The Morgan fingerprint density at radius 3 is 2.67 bits per heavy atom. The molecule has 0 aliphatic rings. The van der Waals surface area contributed by atoms with Gasteiger partial charge in [-0.15, -0.1) is 10.2 Å². The third-order valence-corrected chi connectivity index (χ3v) is 4.51. The molecule has 3 rings (SSSR count). The minimum Gasteiger partial charge on any atom is -0.495 e. The summed E-state index contributed by atoms with van der Waals surface area (Å²) < 4.78 is 7.20. The van der Waals surface area contributed by atoms with Crippen LogP contribution in [0.2, 0.25) is 0 Å². The lowest BCUT2D eigenvalue weighted by Gasteiger charge is -2.10. The van der Waals surface area contributed by atoms with Crippen LogP contribution in [0.1, 0.15) is 15.9 Å². The zero-order valence-corrected chi connectivity index (χ0v) is 14.3. The van der Waals surface area contributed by atoms with Crippen molar-refractivity contribution in [1.82, 2.24) is 14.8 Å². The molecule has 0 unspecified atom stereocenters. The van der Waals surface area contributed by atoms with Gasteiger partial charge < -0.3 is 4.74 Å². The summed E-state index contributed by atoms with van der Waals surface area (Å²) >= 11 is 1.36. The van der Waals surface area contributed by atoms with Crippen molar-refractivity contribution in [1.29, 1.82) is 0 Å². The van der Waals surface area contributed by atoms with E-state index in [1.165, 1.54) is 11.8 Å². The fraction of sp³-hybridized carbons (Fsp3) is 0.167. The number of Topliss-reactive ketones (excluding diaryl/α,β-unsaturated/α-hetero) is 1. The van der Waals surface area contributed by atoms with E-state index in [4.69, 9.17) is 4.74 Å². The van der Waals surface area contributed by atoms with E-state index in [2.05, 4.69) is 10.2 Å². The van der Waals surface area contributed by atoms with Gasteiger partial charge in [0, 0.05) is 5.56 Å². The van der Waals surface area contributed by atoms with Crippen LogP contribution >= 0.6 is 11.8 Å². The molecule has 0 N–H and O–H groups in total. The van der Waals surface area contributed by atoms with Crippen molar-refractivity contribution in [2.45, 2.75) is 12.1 Å². The number of rotatable bonds is 6. The van der Waals surface area contributed by atoms with Crippen molar-refractivity contribution < 1.29 is 9.53 Å². The first-order chi connectivity index (χ1) is 11.7. The van der Waals surface area contributed by atoms with Crippen LogP contribution in [0.5, 0.6) is 5.75 Å². The van der Waals surface area contributed by atoms with Gasteiger partial charge in [-0.25, -0.2) is 0 Å². The zero-order valence-electron chi connectivity index (χ0n) is 13.5. The van der Waals surface area contributed by atoms with E-state index in [0.29, 0.717) is 16.5 Å². The number of aryl methyl sites for hydroxylation is 1. The predicted molar refractivity (Wildman–Crippen MR) is 94.1 cm³/mol. The van der Waals surface area contributed by atoms with Crippen LogP contribution in [0.15, 0.2) is 60.0 Å². The molecule has 1 aromatic heterocycles. The second-order valence-corrected chi connectivity index (χ2v) is 6.18. The molecule has 0 aliphatic carbocycles. The van der Waals surface area contributed by atoms with Gasteiger partial charge in [-0.2, -0.15) is 0 Å². The van der Waals surface area contributed by atoms with Gasteiger partial charge in [0.2, 0.25) is 0 Å². The van der Waals surface area contributed by atoms with E-state index < -0.39 is 0 Å². The lowest BCUT2D eigenvalue weighted by atomic mass is 10.1. The molecule has 0 radical (unpaired) electrons. The number of nitrogens with zero attached hydrogens (tertiary/aromatic N) is 3. The molecular formula is C18H17N3O2S. The molecule has 0 saturated heterocycles. The molecule has 0 fully saturated rings. The highest BCUT2D eigenvalue weighted by Gasteiger charge is 2.13. The highest BCUT2D eigenvalue weighted by atomic mass is 32.2. The monoisotopic (exact) mass is 339 g/mol. The second-order valence-electron chi connectivity index (χ2n) is 5.23. The average molecular weight is 339 g/mol. The van der Waals surface area contributed by atoms with Crippen LogP contribution in [-0.2, 0) is 0 Å². The molecule has 2 aromatic carbocycles. The minimum absolute atomic E-state index is 0.0644. The Labute approximate surface area is 144 Å². The van der Waals surface area contributed by atoms with Gasteiger partial charge in [-0.05, 0) is 19.1 Å². The molecule has 0 atom stereocenters. The Hall–Kier alpha value is -2.60. The number of carbonyl (C=O) groups excluding carboxylic acids is 1. The van der Waals surface area contributed by atoms with Gasteiger partial charge in [0.25, 0.3) is 0 Å². The zero-order chi connectivity index (χ0) is 16.9. The van der Waals surface area contributed by atoms with Crippen LogP contribution in [0, 0.1) is 6.92 Å². The Morgan fingerprint density at radius 1 is 1.17 bits per heavy atom. The summed E-state index contributed by atoms with van der Waals surface area (Å²) in [5, 5.41) is 8.73. The number of para-hydroxylation sites is 2. The highest BCUT2D eigenvalue weighted by Crippen LogP contribution is 2.26. The summed E-state index contributed by atoms with van der Waals surface area (Å²) in [6.45, 7) is 2.00. The molecule has 5 nitrogen and oxygen atoms in total. The number of thioether (sulfide) groups is 1. The highest BCUT2D eigenvalue weighted by molar-refractivity contribution is 7.99. The summed E-state index contributed by atoms with van der Waals surface area (Å²) in [6, 6.07) is 15.2. The number of ketones is 1. The van der Waals surface area contributed by atoms with Gasteiger partial charge in [-0.1, -0.05) is 53.7 Å². The van der Waals surface area contributed by atoms with Gasteiger partial charge in [0.05, 0.1) is 18.6 Å². The largest absolute Gasteiger partial charge is 0.495 e. The normalized spacial score (nSPS) is 10.6. The van der Waals surface area contributed by atoms with Gasteiger partial charge in [-0.3, -0.25) is 9.36 Å². The van der Waals surface area contributed by atoms with Crippen LogP contribution in [0.3, 0.4) is 0 Å². The van der Waals surface area contributed by atoms with Gasteiger partial charge in [0.1, 0.15) is 12.1 Å². The molecule has 0 amide bonds. The average Bonchev–Trinajstić information content (AvgIpc) is 3.08. The van der Waals surface area contributed by atoms with Crippen molar-refractivity contribution in [2.24, 2.45) is 0 Å². The van der Waals surface area contributed by atoms with E-state index >= 15 is 0 Å². The molecule has 3 aromatic rings. The van der Waals surface area contributed by atoms with Crippen molar-refractivity contribution in [3.63, 3.8) is 0 Å². The molecule has 6 heteroatoms. The Balaban J connectivity index is 1.76. The fourth-order valence-corrected chi connectivity index (χ4v) is 3.09. The lowest BCUT2D eigenvalue weighted by molar-refractivity contribution is 0.102. The fourth-order valence-electron chi connectivity index (χ4n) is 2.27. The van der Waals surface area contributed by atoms with E-state index in [9.17, 15) is 4.79 Å². The second kappa shape index (κ2) is 7.31. The Morgan fingerprint density at radius 2 is 1.92 bits per heavy atom. The SMILES string of the molecule is COc1ccccc1-n1cnnc1SCC(=O)c1ccc(C)cc1. The van der Waals surface area contributed by atoms with Crippen molar-refractivity contribution in [3.8, 4) is 11.4 Å². The first-order valence-electron chi connectivity index (χ1n) is 7.45. The maximum atomic E-state index is 12.3. The van der Waals surface area contributed by atoms with Crippen molar-refractivity contribution in [2.75, 3.05) is 12.9 Å². The summed E-state index contributed by atoms with van der Waals surface area (Å²) in [6.07, 6.45) is 1.62. The molecule has 0 saturated carbocycles. The number of methoxy groups -OCH3 is 1. The lowest BCUT2D eigenvalue weighted by Crippen LogP contribution is -2.04. The number of carbonyl (C=O) groups is 1. The Kier molecular flexibility index (Phi) is 4.96. The predicted octanol–water partition coefficient (Wildman–Crippen LogP) is 3.56. The molecule has 0 aliphatic heterocycles. The smallest absolute Gasteiger partial charge is 0.196 e. The summed E-state index contributed by atoms with van der Waals surface area (Å²) in [4.78, 5) is 12.3. The Bertz CT molecular complexity index is 843. The molecule has 0 bridgehead atoms. The molecule has 0 spiro atoms. The number of ether oxygens (including phenoxy) is 1. The van der Waals surface area contributed by atoms with E-state index in [1.807, 2.05) is 60.0 Å². The van der Waals surface area contributed by atoms with Crippen LogP contribution < -0.4 is 4.74 Å². The van der Waals surface area contributed by atoms with Gasteiger partial charge >= 0.3 is 0 Å². The topological polar surface area (TPSA) is 57.0 Å².